The Labute approximate surface area is 143 Å². The van der Waals surface area contributed by atoms with Gasteiger partial charge in [0.1, 0.15) is 0 Å². The zero-order chi connectivity index (χ0) is 18.0. The van der Waals surface area contributed by atoms with E-state index in [2.05, 4.69) is 15.7 Å². The molecule has 2 N–H and O–H groups in total. The van der Waals surface area contributed by atoms with Crippen molar-refractivity contribution in [3.8, 4) is 0 Å². The highest BCUT2D eigenvalue weighted by Gasteiger charge is 2.16. The largest absolute Gasteiger partial charge is 0.355 e. The van der Waals surface area contributed by atoms with E-state index in [1.165, 1.54) is 14.1 Å². The zero-order valence-corrected chi connectivity index (χ0v) is 13.7. The highest BCUT2D eigenvalue weighted by molar-refractivity contribution is 6.11. The van der Waals surface area contributed by atoms with Gasteiger partial charge in [0.2, 0.25) is 0 Å². The minimum Gasteiger partial charge on any atom is -0.355 e. The van der Waals surface area contributed by atoms with E-state index in [9.17, 15) is 14.4 Å². The number of nitrogens with one attached hydrogen (secondary N) is 2. The van der Waals surface area contributed by atoms with Gasteiger partial charge in [-0.2, -0.15) is 5.10 Å². The summed E-state index contributed by atoms with van der Waals surface area (Å²) in [5.41, 5.74) is 0.765. The summed E-state index contributed by atoms with van der Waals surface area (Å²) >= 11 is 0. The second-order valence-electron chi connectivity index (χ2n) is 5.44. The maximum Gasteiger partial charge on any atom is 0.276 e. The standard InChI is InChI=1S/C18H16N4O3/c1-19-16(23)11-6-5-7-12(10-11)20-17(24)15-13-8-3-4-9-14(13)18(25)22(2)21-15/h3-10H,1-2H3,(H,19,23)(H,20,24). The lowest BCUT2D eigenvalue weighted by molar-refractivity contribution is 0.0961. The van der Waals surface area contributed by atoms with Crippen LogP contribution in [0.15, 0.2) is 53.3 Å². The molecule has 0 radical (unpaired) electrons. The van der Waals surface area contributed by atoms with Gasteiger partial charge in [0, 0.05) is 30.7 Å². The summed E-state index contributed by atoms with van der Waals surface area (Å²) in [4.78, 5) is 36.5. The lowest BCUT2D eigenvalue weighted by atomic mass is 10.1. The first-order chi connectivity index (χ1) is 12.0. The van der Waals surface area contributed by atoms with Crippen LogP contribution in [0.3, 0.4) is 0 Å². The van der Waals surface area contributed by atoms with Gasteiger partial charge in [0.05, 0.1) is 5.39 Å². The van der Waals surface area contributed by atoms with Crippen molar-refractivity contribution in [1.29, 1.82) is 0 Å². The number of amides is 2. The van der Waals surface area contributed by atoms with E-state index in [1.807, 2.05) is 0 Å². The first-order valence-corrected chi connectivity index (χ1v) is 7.61. The van der Waals surface area contributed by atoms with Crippen LogP contribution in [0.4, 0.5) is 5.69 Å². The number of fused-ring (bicyclic) bond motifs is 1. The van der Waals surface area contributed by atoms with Crippen molar-refractivity contribution in [2.45, 2.75) is 0 Å². The summed E-state index contributed by atoms with van der Waals surface area (Å²) in [5.74, 6) is -0.706. The molecule has 0 saturated heterocycles. The molecule has 0 saturated carbocycles. The summed E-state index contributed by atoms with van der Waals surface area (Å²) in [7, 11) is 3.03. The number of anilines is 1. The lowest BCUT2D eigenvalue weighted by Gasteiger charge is -2.09. The average molecular weight is 336 g/mol. The van der Waals surface area contributed by atoms with Gasteiger partial charge in [-0.25, -0.2) is 4.68 Å². The number of aromatic nitrogens is 2. The summed E-state index contributed by atoms with van der Waals surface area (Å²) in [6.45, 7) is 0. The van der Waals surface area contributed by atoms with Crippen molar-refractivity contribution in [3.05, 3.63) is 70.1 Å². The van der Waals surface area contributed by atoms with Crippen molar-refractivity contribution in [3.63, 3.8) is 0 Å². The molecule has 126 valence electrons. The van der Waals surface area contributed by atoms with Crippen LogP contribution >= 0.6 is 0 Å². The fourth-order valence-electron chi connectivity index (χ4n) is 2.54. The number of hydrogen-bond acceptors (Lipinski definition) is 4. The van der Waals surface area contributed by atoms with E-state index in [1.54, 1.807) is 48.5 Å². The van der Waals surface area contributed by atoms with Crippen LogP contribution in [-0.4, -0.2) is 28.6 Å². The van der Waals surface area contributed by atoms with Gasteiger partial charge < -0.3 is 10.6 Å². The van der Waals surface area contributed by atoms with Crippen molar-refractivity contribution in [2.24, 2.45) is 7.05 Å². The lowest BCUT2D eigenvalue weighted by Crippen LogP contribution is -2.25. The molecule has 0 bridgehead atoms. The topological polar surface area (TPSA) is 93.1 Å². The van der Waals surface area contributed by atoms with Gasteiger partial charge >= 0.3 is 0 Å². The molecule has 1 heterocycles. The van der Waals surface area contributed by atoms with Gasteiger partial charge in [0.25, 0.3) is 17.4 Å². The number of benzene rings is 2. The van der Waals surface area contributed by atoms with Crippen molar-refractivity contribution < 1.29 is 9.59 Å². The second-order valence-corrected chi connectivity index (χ2v) is 5.44. The highest BCUT2D eigenvalue weighted by atomic mass is 16.2. The predicted octanol–water partition coefficient (Wildman–Crippen LogP) is 1.55. The van der Waals surface area contributed by atoms with Crippen molar-refractivity contribution in [2.75, 3.05) is 12.4 Å². The molecule has 3 rings (SSSR count). The Morgan fingerprint density at radius 3 is 2.44 bits per heavy atom. The van der Waals surface area contributed by atoms with Gasteiger partial charge in [0.15, 0.2) is 5.69 Å². The fraction of sp³-hybridized carbons (Fsp3) is 0.111. The first-order valence-electron chi connectivity index (χ1n) is 7.61. The van der Waals surface area contributed by atoms with Crippen LogP contribution in [0.25, 0.3) is 10.8 Å². The summed E-state index contributed by atoms with van der Waals surface area (Å²) in [6, 6.07) is 13.4. The molecule has 0 aliphatic heterocycles. The van der Waals surface area contributed by atoms with Gasteiger partial charge in [-0.15, -0.1) is 0 Å². The molecule has 2 amide bonds. The Hall–Kier alpha value is -3.48. The minimum atomic E-state index is -0.458. The SMILES string of the molecule is CNC(=O)c1cccc(NC(=O)c2nn(C)c(=O)c3ccccc23)c1. The molecule has 0 aliphatic rings. The molecule has 7 nitrogen and oxygen atoms in total. The van der Waals surface area contributed by atoms with E-state index in [-0.39, 0.29) is 17.2 Å². The summed E-state index contributed by atoms with van der Waals surface area (Å²) < 4.78 is 1.14. The van der Waals surface area contributed by atoms with Crippen molar-refractivity contribution in [1.82, 2.24) is 15.1 Å². The molecule has 1 aromatic heterocycles. The van der Waals surface area contributed by atoms with E-state index in [0.29, 0.717) is 22.0 Å². The van der Waals surface area contributed by atoms with Crippen LogP contribution in [0.2, 0.25) is 0 Å². The van der Waals surface area contributed by atoms with Gasteiger partial charge in [-0.05, 0) is 24.3 Å². The summed E-state index contributed by atoms with van der Waals surface area (Å²) in [5, 5.41) is 10.2. The molecular weight excluding hydrogens is 320 g/mol. The third-order valence-electron chi connectivity index (χ3n) is 3.78. The molecule has 0 spiro atoms. The number of carbonyl (C=O) groups is 2. The average Bonchev–Trinajstić information content (AvgIpc) is 2.64. The first kappa shape index (κ1) is 16.4. The molecule has 3 aromatic rings. The fourth-order valence-corrected chi connectivity index (χ4v) is 2.54. The van der Waals surface area contributed by atoms with Crippen LogP contribution in [0.1, 0.15) is 20.8 Å². The second kappa shape index (κ2) is 6.56. The normalized spacial score (nSPS) is 10.5. The molecule has 0 aliphatic carbocycles. The molecule has 2 aromatic carbocycles. The van der Waals surface area contributed by atoms with Crippen LogP contribution in [0.5, 0.6) is 0 Å². The Morgan fingerprint density at radius 1 is 1.00 bits per heavy atom. The third-order valence-corrected chi connectivity index (χ3v) is 3.78. The third kappa shape index (κ3) is 3.12. The number of rotatable bonds is 3. The maximum atomic E-state index is 12.7. The minimum absolute atomic E-state index is 0.142. The van der Waals surface area contributed by atoms with Crippen LogP contribution in [0, 0.1) is 0 Å². The Balaban J connectivity index is 2.00. The Bertz CT molecular complexity index is 1040. The predicted molar refractivity (Wildman–Crippen MR) is 94.8 cm³/mol. The number of nitrogens with zero attached hydrogens (tertiary/aromatic N) is 2. The van der Waals surface area contributed by atoms with E-state index < -0.39 is 5.91 Å². The van der Waals surface area contributed by atoms with Gasteiger partial charge in [-0.3, -0.25) is 14.4 Å². The van der Waals surface area contributed by atoms with E-state index in [4.69, 9.17) is 0 Å². The number of aryl methyl sites for hydroxylation is 1. The Kier molecular flexibility index (Phi) is 4.30. The van der Waals surface area contributed by atoms with Crippen LogP contribution < -0.4 is 16.2 Å². The quantitative estimate of drug-likeness (QED) is 0.759. The van der Waals surface area contributed by atoms with Crippen molar-refractivity contribution >= 4 is 28.3 Å². The molecule has 0 unspecified atom stereocenters. The smallest absolute Gasteiger partial charge is 0.276 e. The number of carbonyl (C=O) groups excluding carboxylic acids is 2. The molecule has 0 atom stereocenters. The monoisotopic (exact) mass is 336 g/mol. The molecular formula is C18H16N4O3. The molecule has 0 fully saturated rings. The van der Waals surface area contributed by atoms with E-state index in [0.717, 1.165) is 4.68 Å². The Morgan fingerprint density at radius 2 is 1.72 bits per heavy atom. The van der Waals surface area contributed by atoms with E-state index >= 15 is 0 Å². The zero-order valence-electron chi connectivity index (χ0n) is 13.7. The molecule has 7 heteroatoms. The highest BCUT2D eigenvalue weighted by Crippen LogP contribution is 2.16. The maximum absolute atomic E-state index is 12.7. The van der Waals surface area contributed by atoms with Crippen LogP contribution in [-0.2, 0) is 7.05 Å². The summed E-state index contributed by atoms with van der Waals surface area (Å²) in [6.07, 6.45) is 0. The van der Waals surface area contributed by atoms with Gasteiger partial charge in [-0.1, -0.05) is 24.3 Å². The molecule has 25 heavy (non-hydrogen) atoms. The number of hydrogen-bond donors (Lipinski definition) is 2.